The molecule has 1 aromatic heterocycles. The zero-order valence-electron chi connectivity index (χ0n) is 13.1. The molecule has 0 radical (unpaired) electrons. The van der Waals surface area contributed by atoms with Gasteiger partial charge in [-0.05, 0) is 13.8 Å². The average molecular weight is 345 g/mol. The molecule has 1 aliphatic heterocycles. The first kappa shape index (κ1) is 17.7. The van der Waals surface area contributed by atoms with Crippen molar-refractivity contribution in [3.05, 3.63) is 33.1 Å². The van der Waals surface area contributed by atoms with Crippen molar-refractivity contribution < 1.29 is 18.5 Å². The smallest absolute Gasteiger partial charge is 0.331 e. The predicted molar refractivity (Wildman–Crippen MR) is 83.8 cm³/mol. The molecular weight excluding hydrogens is 325 g/mol. The Hall–Kier alpha value is -1.70. The Bertz CT molecular complexity index is 715. The highest BCUT2D eigenvalue weighted by Gasteiger charge is 2.28. The molecule has 0 aromatic carbocycles. The van der Waals surface area contributed by atoms with Crippen molar-refractivity contribution in [3.63, 3.8) is 0 Å². The Morgan fingerprint density at radius 2 is 2.09 bits per heavy atom. The van der Waals surface area contributed by atoms with Gasteiger partial charge in [0.25, 0.3) is 5.56 Å². The fraction of sp³-hybridized carbons (Fsp3) is 0.615. The molecule has 0 spiro atoms. The Kier molecular flexibility index (Phi) is 5.92. The Labute approximate surface area is 132 Å². The van der Waals surface area contributed by atoms with Gasteiger partial charge in [-0.1, -0.05) is 5.16 Å². The summed E-state index contributed by atoms with van der Waals surface area (Å²) in [5, 5.41) is 3.91. The molecule has 0 saturated heterocycles. The first-order valence-corrected chi connectivity index (χ1v) is 9.11. The van der Waals surface area contributed by atoms with E-state index in [1.165, 1.54) is 16.8 Å². The number of nitrogens with zero attached hydrogens (tertiary/aromatic N) is 2. The van der Waals surface area contributed by atoms with Crippen LogP contribution in [-0.2, 0) is 18.5 Å². The first-order chi connectivity index (χ1) is 11.0. The van der Waals surface area contributed by atoms with E-state index in [4.69, 9.17) is 13.9 Å². The van der Waals surface area contributed by atoms with Crippen LogP contribution in [-0.4, -0.2) is 34.6 Å². The molecule has 0 fully saturated rings. The monoisotopic (exact) mass is 345 g/mol. The predicted octanol–water partition coefficient (Wildman–Crippen LogP) is 1.47. The van der Waals surface area contributed by atoms with Crippen molar-refractivity contribution in [2.24, 2.45) is 5.16 Å². The molecule has 23 heavy (non-hydrogen) atoms. The van der Waals surface area contributed by atoms with Crippen molar-refractivity contribution in [1.82, 2.24) is 9.55 Å². The molecule has 10 heteroatoms. The van der Waals surface area contributed by atoms with Crippen LogP contribution in [0.15, 0.2) is 27.0 Å². The van der Waals surface area contributed by atoms with Gasteiger partial charge in [-0.3, -0.25) is 18.9 Å². The Morgan fingerprint density at radius 3 is 2.70 bits per heavy atom. The summed E-state index contributed by atoms with van der Waals surface area (Å²) in [7, 11) is -3.13. The quantitative estimate of drug-likeness (QED) is 0.714. The number of oxime groups is 1. The van der Waals surface area contributed by atoms with E-state index < -0.39 is 25.1 Å². The van der Waals surface area contributed by atoms with E-state index in [0.717, 1.165) is 0 Å². The largest absolute Gasteiger partial charge is 0.370 e. The molecule has 1 atom stereocenters. The van der Waals surface area contributed by atoms with Gasteiger partial charge in [0.05, 0.1) is 25.1 Å². The van der Waals surface area contributed by atoms with Gasteiger partial charge in [0.15, 0.2) is 0 Å². The van der Waals surface area contributed by atoms with Crippen LogP contribution >= 0.6 is 7.60 Å². The maximum Gasteiger partial charge on any atom is 0.331 e. The summed E-state index contributed by atoms with van der Waals surface area (Å²) in [5.74, 6) is 0. The van der Waals surface area contributed by atoms with Crippen LogP contribution in [0.25, 0.3) is 0 Å². The maximum atomic E-state index is 12.4. The van der Waals surface area contributed by atoms with Crippen molar-refractivity contribution in [2.45, 2.75) is 32.9 Å². The van der Waals surface area contributed by atoms with Crippen molar-refractivity contribution in [1.29, 1.82) is 0 Å². The molecule has 128 valence electrons. The number of aromatic amines is 1. The second-order valence-corrected chi connectivity index (χ2v) is 7.04. The van der Waals surface area contributed by atoms with E-state index >= 15 is 0 Å². The lowest BCUT2D eigenvalue weighted by Gasteiger charge is -2.16. The van der Waals surface area contributed by atoms with Crippen LogP contribution < -0.4 is 11.2 Å². The van der Waals surface area contributed by atoms with Crippen LogP contribution in [0.1, 0.15) is 32.9 Å². The Morgan fingerprint density at radius 1 is 1.39 bits per heavy atom. The van der Waals surface area contributed by atoms with Crippen LogP contribution in [0.5, 0.6) is 0 Å². The number of nitrogens with one attached hydrogen (secondary N) is 1. The van der Waals surface area contributed by atoms with E-state index in [2.05, 4.69) is 10.1 Å². The molecule has 0 unspecified atom stereocenters. The molecule has 1 N–H and O–H groups in total. The van der Waals surface area contributed by atoms with E-state index in [-0.39, 0.29) is 6.16 Å². The molecule has 0 aliphatic carbocycles. The van der Waals surface area contributed by atoms with Crippen molar-refractivity contribution >= 4 is 13.3 Å². The summed E-state index contributed by atoms with van der Waals surface area (Å²) in [4.78, 5) is 30.1. The molecule has 0 amide bonds. The average Bonchev–Trinajstić information content (AvgIpc) is 2.94. The van der Waals surface area contributed by atoms with Gasteiger partial charge in [0.2, 0.25) is 6.23 Å². The zero-order chi connectivity index (χ0) is 16.9. The zero-order valence-corrected chi connectivity index (χ0v) is 14.0. The highest BCUT2D eigenvalue weighted by molar-refractivity contribution is 7.53. The number of hydrogen-bond donors (Lipinski definition) is 1. The third kappa shape index (κ3) is 4.63. The minimum atomic E-state index is -3.13. The van der Waals surface area contributed by atoms with Gasteiger partial charge in [-0.15, -0.1) is 0 Å². The van der Waals surface area contributed by atoms with E-state index in [1.807, 2.05) is 0 Å². The third-order valence-corrected chi connectivity index (χ3v) is 5.28. The summed E-state index contributed by atoms with van der Waals surface area (Å²) < 4.78 is 24.1. The second-order valence-electron chi connectivity index (χ2n) is 4.86. The minimum absolute atomic E-state index is 0.199. The SMILES string of the molecule is CCOP(=O)(CCC1=NO[C@H](n2ccc(=O)[nH]c2=O)C1)OCC. The van der Waals surface area contributed by atoms with E-state index in [1.54, 1.807) is 13.8 Å². The van der Waals surface area contributed by atoms with Crippen molar-refractivity contribution in [2.75, 3.05) is 19.4 Å². The number of H-pyrrole nitrogens is 1. The molecular formula is C13H20N3O6P. The minimum Gasteiger partial charge on any atom is -0.370 e. The van der Waals surface area contributed by atoms with Gasteiger partial charge < -0.3 is 13.9 Å². The highest BCUT2D eigenvalue weighted by Crippen LogP contribution is 2.48. The summed E-state index contributed by atoms with van der Waals surface area (Å²) >= 11 is 0. The van der Waals surface area contributed by atoms with Gasteiger partial charge >= 0.3 is 13.3 Å². The van der Waals surface area contributed by atoms with E-state index in [0.29, 0.717) is 31.8 Å². The summed E-state index contributed by atoms with van der Waals surface area (Å²) in [6.45, 7) is 4.10. The van der Waals surface area contributed by atoms with Crippen molar-refractivity contribution in [3.8, 4) is 0 Å². The standard InChI is InChI=1S/C13H20N3O6P/c1-3-20-23(19,21-4-2)8-6-10-9-12(22-15-10)16-7-5-11(17)14-13(16)18/h5,7,12H,3-4,6,8-9H2,1-2H3,(H,14,17,18)/t12-/m0/s1. The second kappa shape index (κ2) is 7.72. The van der Waals surface area contributed by atoms with Crippen LogP contribution in [0, 0.1) is 0 Å². The fourth-order valence-electron chi connectivity index (χ4n) is 2.19. The molecule has 9 nitrogen and oxygen atoms in total. The lowest BCUT2D eigenvalue weighted by Crippen LogP contribution is -2.31. The number of aromatic nitrogens is 2. The van der Waals surface area contributed by atoms with Crippen LogP contribution in [0.2, 0.25) is 0 Å². The molecule has 1 aliphatic rings. The summed E-state index contributed by atoms with van der Waals surface area (Å²) in [6, 6.07) is 1.24. The normalized spacial score (nSPS) is 17.8. The first-order valence-electron chi connectivity index (χ1n) is 7.38. The Balaban J connectivity index is 1.96. The third-order valence-electron chi connectivity index (χ3n) is 3.20. The van der Waals surface area contributed by atoms with Gasteiger partial charge in [0.1, 0.15) is 0 Å². The molecule has 2 rings (SSSR count). The van der Waals surface area contributed by atoms with Gasteiger partial charge in [0, 0.05) is 25.1 Å². The van der Waals surface area contributed by atoms with Gasteiger partial charge in [-0.2, -0.15) is 0 Å². The fourth-order valence-corrected chi connectivity index (χ4v) is 3.84. The highest BCUT2D eigenvalue weighted by atomic mass is 31.2. The summed E-state index contributed by atoms with van der Waals surface area (Å²) in [5.41, 5.74) is -0.374. The molecule has 0 saturated carbocycles. The lowest BCUT2D eigenvalue weighted by molar-refractivity contribution is 0.0285. The topological polar surface area (TPSA) is 112 Å². The van der Waals surface area contributed by atoms with E-state index in [9.17, 15) is 14.2 Å². The van der Waals surface area contributed by atoms with Crippen LogP contribution in [0.4, 0.5) is 0 Å². The number of rotatable bonds is 8. The number of hydrogen-bond acceptors (Lipinski definition) is 7. The van der Waals surface area contributed by atoms with Crippen LogP contribution in [0.3, 0.4) is 0 Å². The molecule has 2 heterocycles. The lowest BCUT2D eigenvalue weighted by atomic mass is 10.2. The van der Waals surface area contributed by atoms with Gasteiger partial charge in [-0.25, -0.2) is 4.79 Å². The molecule has 0 bridgehead atoms. The summed E-state index contributed by atoms with van der Waals surface area (Å²) in [6.07, 6.45) is 1.68. The molecule has 1 aromatic rings. The maximum absolute atomic E-state index is 12.4.